The maximum atomic E-state index is 11.2. The third-order valence-electron chi connectivity index (χ3n) is 2.09. The van der Waals surface area contributed by atoms with E-state index < -0.39 is 18.2 Å². The van der Waals surface area contributed by atoms with Gasteiger partial charge in [0.05, 0.1) is 13.2 Å². The van der Waals surface area contributed by atoms with Crippen molar-refractivity contribution in [3.63, 3.8) is 0 Å². The Kier molecular flexibility index (Phi) is 5.47. The molecule has 2 atom stereocenters. The maximum absolute atomic E-state index is 11.2. The average molecular weight is 256 g/mol. The van der Waals surface area contributed by atoms with E-state index in [1.165, 1.54) is 12.4 Å². The molecule has 0 aliphatic heterocycles. The summed E-state index contributed by atoms with van der Waals surface area (Å²) in [6, 6.07) is 0.166. The van der Waals surface area contributed by atoms with Gasteiger partial charge < -0.3 is 19.7 Å². The Morgan fingerprint density at radius 1 is 1.28 bits per heavy atom. The van der Waals surface area contributed by atoms with Gasteiger partial charge in [-0.2, -0.15) is 0 Å². The molecule has 0 aliphatic rings. The lowest BCUT2D eigenvalue weighted by molar-refractivity contribution is -0.159. The molecule has 1 aromatic heterocycles. The molecular formula is C11H16N2O5. The lowest BCUT2D eigenvalue weighted by atomic mass is 10.1. The number of carbonyl (C=O) groups is 1. The van der Waals surface area contributed by atoms with E-state index in [2.05, 4.69) is 14.7 Å². The second kappa shape index (κ2) is 6.87. The van der Waals surface area contributed by atoms with E-state index in [4.69, 9.17) is 4.74 Å². The fourth-order valence-corrected chi connectivity index (χ4v) is 1.22. The first-order valence-corrected chi connectivity index (χ1v) is 5.57. The monoisotopic (exact) mass is 256 g/mol. The van der Waals surface area contributed by atoms with Crippen LogP contribution in [0.2, 0.25) is 0 Å². The Labute approximate surface area is 104 Å². The van der Waals surface area contributed by atoms with Crippen LogP contribution in [0.25, 0.3) is 0 Å². The van der Waals surface area contributed by atoms with Gasteiger partial charge in [0.15, 0.2) is 6.10 Å². The summed E-state index contributed by atoms with van der Waals surface area (Å²) >= 11 is 0. The van der Waals surface area contributed by atoms with Crippen LogP contribution in [-0.4, -0.2) is 45.5 Å². The van der Waals surface area contributed by atoms with E-state index >= 15 is 0 Å². The van der Waals surface area contributed by atoms with Crippen LogP contribution in [0.3, 0.4) is 0 Å². The number of aromatic nitrogens is 2. The van der Waals surface area contributed by atoms with Gasteiger partial charge in [-0.1, -0.05) is 0 Å². The van der Waals surface area contributed by atoms with Crippen molar-refractivity contribution in [2.75, 3.05) is 13.2 Å². The van der Waals surface area contributed by atoms with Gasteiger partial charge >= 0.3 is 12.0 Å². The summed E-state index contributed by atoms with van der Waals surface area (Å²) in [6.07, 6.45) is -0.526. The summed E-state index contributed by atoms with van der Waals surface area (Å²) < 4.78 is 9.62. The third-order valence-corrected chi connectivity index (χ3v) is 2.09. The van der Waals surface area contributed by atoms with Crippen LogP contribution in [0.5, 0.6) is 6.01 Å². The number of esters is 1. The minimum atomic E-state index is -1.66. The van der Waals surface area contributed by atoms with Crippen LogP contribution in [0.1, 0.15) is 25.5 Å². The highest BCUT2D eigenvalue weighted by Crippen LogP contribution is 2.17. The predicted molar refractivity (Wildman–Crippen MR) is 60.8 cm³/mol. The molecule has 1 aromatic rings. The van der Waals surface area contributed by atoms with E-state index in [9.17, 15) is 15.0 Å². The lowest BCUT2D eigenvalue weighted by Crippen LogP contribution is -2.30. The number of hydrogen-bond acceptors (Lipinski definition) is 7. The van der Waals surface area contributed by atoms with Crippen molar-refractivity contribution >= 4 is 5.97 Å². The number of hydrogen-bond donors (Lipinski definition) is 2. The van der Waals surface area contributed by atoms with Crippen molar-refractivity contribution in [2.24, 2.45) is 0 Å². The average Bonchev–Trinajstić information content (AvgIpc) is 2.38. The van der Waals surface area contributed by atoms with Crippen LogP contribution in [-0.2, 0) is 9.53 Å². The first kappa shape index (κ1) is 14.3. The van der Waals surface area contributed by atoms with Crippen LogP contribution >= 0.6 is 0 Å². The molecule has 2 unspecified atom stereocenters. The number of aliphatic hydroxyl groups is 2. The molecule has 0 fully saturated rings. The molecule has 2 N–H and O–H groups in total. The topological polar surface area (TPSA) is 102 Å². The fraction of sp³-hybridized carbons (Fsp3) is 0.545. The smallest absolute Gasteiger partial charge is 0.338 e. The molecular weight excluding hydrogens is 240 g/mol. The van der Waals surface area contributed by atoms with Gasteiger partial charge in [-0.15, -0.1) is 0 Å². The summed E-state index contributed by atoms with van der Waals surface area (Å²) in [5.74, 6) is -0.890. The van der Waals surface area contributed by atoms with E-state index in [0.717, 1.165) is 0 Å². The molecule has 0 bridgehead atoms. The summed E-state index contributed by atoms with van der Waals surface area (Å²) in [7, 11) is 0. The molecule has 1 heterocycles. The van der Waals surface area contributed by atoms with E-state index in [1.54, 1.807) is 13.8 Å². The predicted octanol–water partition coefficient (Wildman–Crippen LogP) is -0.167. The molecule has 0 aliphatic carbocycles. The molecule has 100 valence electrons. The van der Waals surface area contributed by atoms with Crippen molar-refractivity contribution in [3.8, 4) is 6.01 Å². The van der Waals surface area contributed by atoms with Gasteiger partial charge in [0.2, 0.25) is 0 Å². The third kappa shape index (κ3) is 3.64. The van der Waals surface area contributed by atoms with Crippen molar-refractivity contribution < 1.29 is 24.5 Å². The van der Waals surface area contributed by atoms with E-state index in [-0.39, 0.29) is 18.2 Å². The zero-order valence-electron chi connectivity index (χ0n) is 10.2. The number of nitrogens with zero attached hydrogens (tertiary/aromatic N) is 2. The zero-order valence-corrected chi connectivity index (χ0v) is 10.2. The van der Waals surface area contributed by atoms with Gasteiger partial charge in [-0.3, -0.25) is 0 Å². The second-order valence-corrected chi connectivity index (χ2v) is 3.37. The van der Waals surface area contributed by atoms with Gasteiger partial charge in [0.1, 0.15) is 6.10 Å². The van der Waals surface area contributed by atoms with Gasteiger partial charge in [0.25, 0.3) is 0 Å². The van der Waals surface area contributed by atoms with Gasteiger partial charge in [-0.05, 0) is 13.8 Å². The quantitative estimate of drug-likeness (QED) is 0.681. The highest BCUT2D eigenvalue weighted by Gasteiger charge is 2.27. The molecule has 18 heavy (non-hydrogen) atoms. The Morgan fingerprint density at radius 2 is 1.89 bits per heavy atom. The van der Waals surface area contributed by atoms with E-state index in [1.807, 2.05) is 0 Å². The zero-order chi connectivity index (χ0) is 13.5. The highest BCUT2D eigenvalue weighted by molar-refractivity contribution is 5.75. The summed E-state index contributed by atoms with van der Waals surface area (Å²) in [6.45, 7) is 3.95. The molecule has 7 heteroatoms. The highest BCUT2D eigenvalue weighted by atomic mass is 16.5. The van der Waals surface area contributed by atoms with Gasteiger partial charge in [-0.25, -0.2) is 14.8 Å². The van der Waals surface area contributed by atoms with Crippen molar-refractivity contribution in [2.45, 2.75) is 26.1 Å². The summed E-state index contributed by atoms with van der Waals surface area (Å²) in [5.41, 5.74) is 0.207. The Bertz CT molecular complexity index is 382. The van der Waals surface area contributed by atoms with Gasteiger partial charge in [0, 0.05) is 18.0 Å². The van der Waals surface area contributed by atoms with E-state index in [0.29, 0.717) is 6.61 Å². The maximum Gasteiger partial charge on any atom is 0.338 e. The summed E-state index contributed by atoms with van der Waals surface area (Å²) in [5, 5.41) is 19.3. The standard InChI is InChI=1S/C11H16N2O5/c1-3-17-10(16)9(15)8(14)7-5-12-11(13-6-7)18-4-2/h5-6,8-9,14-15H,3-4H2,1-2H3. The van der Waals surface area contributed by atoms with Crippen LogP contribution < -0.4 is 4.74 Å². The van der Waals surface area contributed by atoms with Crippen molar-refractivity contribution in [1.82, 2.24) is 9.97 Å². The number of rotatable bonds is 6. The largest absolute Gasteiger partial charge is 0.464 e. The number of ether oxygens (including phenoxy) is 2. The first-order chi connectivity index (χ1) is 8.60. The second-order valence-electron chi connectivity index (χ2n) is 3.37. The first-order valence-electron chi connectivity index (χ1n) is 5.57. The van der Waals surface area contributed by atoms with Crippen LogP contribution in [0.4, 0.5) is 0 Å². The van der Waals surface area contributed by atoms with Crippen molar-refractivity contribution in [1.29, 1.82) is 0 Å². The fourth-order valence-electron chi connectivity index (χ4n) is 1.22. The summed E-state index contributed by atoms with van der Waals surface area (Å²) in [4.78, 5) is 18.9. The lowest BCUT2D eigenvalue weighted by Gasteiger charge is -2.16. The minimum absolute atomic E-state index is 0.127. The molecule has 0 spiro atoms. The van der Waals surface area contributed by atoms with Crippen molar-refractivity contribution in [3.05, 3.63) is 18.0 Å². The SMILES string of the molecule is CCOC(=O)C(O)C(O)c1cnc(OCC)nc1. The molecule has 0 saturated heterocycles. The van der Waals surface area contributed by atoms with Crippen LogP contribution in [0.15, 0.2) is 12.4 Å². The molecule has 0 saturated carbocycles. The van der Waals surface area contributed by atoms with Crippen LogP contribution in [0, 0.1) is 0 Å². The molecule has 0 radical (unpaired) electrons. The molecule has 7 nitrogen and oxygen atoms in total. The molecule has 1 rings (SSSR count). The molecule has 0 amide bonds. The minimum Gasteiger partial charge on any atom is -0.464 e. The Hall–Kier alpha value is -1.73. The normalized spacial score (nSPS) is 13.8. The Balaban J connectivity index is 2.71. The Morgan fingerprint density at radius 3 is 2.39 bits per heavy atom. The number of carbonyl (C=O) groups excluding carboxylic acids is 1. The molecule has 0 aromatic carbocycles. The number of aliphatic hydroxyl groups excluding tert-OH is 2.